The highest BCUT2D eigenvalue weighted by molar-refractivity contribution is 7.91. The summed E-state index contributed by atoms with van der Waals surface area (Å²) < 4.78 is 28.6. The Hall–Kier alpha value is -1.51. The topological polar surface area (TPSA) is 80.2 Å². The zero-order valence-electron chi connectivity index (χ0n) is 14.8. The Morgan fingerprint density at radius 2 is 2.00 bits per heavy atom. The van der Waals surface area contributed by atoms with E-state index in [4.69, 9.17) is 16.3 Å². The molecule has 2 heterocycles. The first-order chi connectivity index (χ1) is 12.4. The second-order valence-corrected chi connectivity index (χ2v) is 9.57. The monoisotopic (exact) mass is 402 g/mol. The van der Waals surface area contributed by atoms with Gasteiger partial charge in [-0.2, -0.15) is 0 Å². The molecule has 1 aromatic rings. The molecular weight excluding hydrogens is 378 g/mol. The van der Waals surface area contributed by atoms with E-state index in [1.807, 2.05) is 24.3 Å². The Labute approximate surface area is 159 Å². The van der Waals surface area contributed by atoms with Gasteiger partial charge in [-0.05, 0) is 12.1 Å². The number of nitrogens with one attached hydrogen (secondary N) is 2. The number of benzene rings is 1. The highest BCUT2D eigenvalue weighted by atomic mass is 35.5. The van der Waals surface area contributed by atoms with Crippen LogP contribution in [0.4, 0.5) is 5.69 Å². The molecule has 0 saturated carbocycles. The molecule has 0 radical (unpaired) electrons. The van der Waals surface area contributed by atoms with E-state index in [0.717, 1.165) is 37.6 Å². The third-order valence-electron chi connectivity index (χ3n) is 4.94. The Morgan fingerprint density at radius 1 is 1.31 bits per heavy atom. The summed E-state index contributed by atoms with van der Waals surface area (Å²) in [6, 6.07) is 7.44. The maximum Gasteiger partial charge on any atom is 0.275 e. The van der Waals surface area contributed by atoms with E-state index in [-0.39, 0.29) is 17.4 Å². The van der Waals surface area contributed by atoms with Crippen LogP contribution in [0, 0.1) is 0 Å². The number of hydrogen-bond donors (Lipinski definition) is 2. The largest absolute Gasteiger partial charge is 0.495 e. The van der Waals surface area contributed by atoms with E-state index >= 15 is 0 Å². The summed E-state index contributed by atoms with van der Waals surface area (Å²) in [5, 5.41) is 2.25. The molecule has 0 aromatic heterocycles. The van der Waals surface area contributed by atoms with Gasteiger partial charge in [-0.1, -0.05) is 12.1 Å². The standard InChI is InChI=1S/C17H24ClN3O4S/c1-25-16-5-3-2-4-15(16)21-8-6-20(7-9-21)10-17(22)19-14-12-26(23,24)11-13(14)18/h2-5,13-14H,6-12H2,1H3,(H,19,22)/p+1/t13-,14+/m0/s1. The number of para-hydroxylation sites is 2. The number of rotatable bonds is 5. The molecule has 2 aliphatic rings. The number of carbonyl (C=O) groups excluding carboxylic acids is 1. The molecule has 2 fully saturated rings. The number of halogens is 1. The van der Waals surface area contributed by atoms with Gasteiger partial charge in [0.2, 0.25) is 0 Å². The van der Waals surface area contributed by atoms with Crippen LogP contribution < -0.4 is 19.9 Å². The molecule has 7 nitrogen and oxygen atoms in total. The predicted octanol–water partition coefficient (Wildman–Crippen LogP) is -1.08. The van der Waals surface area contributed by atoms with Crippen molar-refractivity contribution in [3.8, 4) is 5.75 Å². The Bertz CT molecular complexity index is 750. The first kappa shape index (κ1) is 19.3. The molecule has 2 saturated heterocycles. The molecule has 26 heavy (non-hydrogen) atoms. The average Bonchev–Trinajstić information content (AvgIpc) is 2.87. The van der Waals surface area contributed by atoms with Gasteiger partial charge in [-0.25, -0.2) is 8.42 Å². The van der Waals surface area contributed by atoms with Crippen LogP contribution in [0.25, 0.3) is 0 Å². The maximum atomic E-state index is 12.3. The lowest BCUT2D eigenvalue weighted by molar-refractivity contribution is -0.892. The van der Waals surface area contributed by atoms with Crippen molar-refractivity contribution >= 4 is 33.0 Å². The number of ether oxygens (including phenoxy) is 1. The molecule has 9 heteroatoms. The van der Waals surface area contributed by atoms with Crippen molar-refractivity contribution in [1.82, 2.24) is 5.32 Å². The minimum atomic E-state index is -3.14. The number of alkyl halides is 1. The number of carbonyl (C=O) groups is 1. The Morgan fingerprint density at radius 3 is 2.62 bits per heavy atom. The second-order valence-electron chi connectivity index (χ2n) is 6.85. The number of hydrogen-bond acceptors (Lipinski definition) is 5. The van der Waals surface area contributed by atoms with Crippen molar-refractivity contribution in [2.24, 2.45) is 0 Å². The van der Waals surface area contributed by atoms with Gasteiger partial charge in [0, 0.05) is 0 Å². The van der Waals surface area contributed by atoms with Crippen molar-refractivity contribution in [1.29, 1.82) is 0 Å². The summed E-state index contributed by atoms with van der Waals surface area (Å²) in [6.45, 7) is 3.66. The third-order valence-corrected chi connectivity index (χ3v) is 7.31. The maximum absolute atomic E-state index is 12.3. The van der Waals surface area contributed by atoms with Gasteiger partial charge in [0.25, 0.3) is 5.91 Å². The van der Waals surface area contributed by atoms with E-state index in [2.05, 4.69) is 10.2 Å². The Balaban J connectivity index is 1.49. The fourth-order valence-corrected chi connectivity index (χ4v) is 6.10. The summed E-state index contributed by atoms with van der Waals surface area (Å²) in [6.07, 6.45) is 0. The smallest absolute Gasteiger partial charge is 0.275 e. The van der Waals surface area contributed by atoms with Crippen LogP contribution in [0.5, 0.6) is 5.75 Å². The number of amides is 1. The van der Waals surface area contributed by atoms with Gasteiger partial charge in [0.1, 0.15) is 5.75 Å². The van der Waals surface area contributed by atoms with Crippen LogP contribution in [-0.4, -0.2) is 77.1 Å². The second kappa shape index (κ2) is 8.02. The fourth-order valence-electron chi connectivity index (χ4n) is 3.55. The first-order valence-corrected chi connectivity index (χ1v) is 11.0. The number of sulfone groups is 1. The zero-order chi connectivity index (χ0) is 18.7. The van der Waals surface area contributed by atoms with Gasteiger partial charge < -0.3 is 19.9 Å². The first-order valence-electron chi connectivity index (χ1n) is 8.73. The van der Waals surface area contributed by atoms with Crippen molar-refractivity contribution in [3.63, 3.8) is 0 Å². The molecule has 2 atom stereocenters. The molecule has 3 rings (SSSR count). The van der Waals surface area contributed by atoms with Crippen LogP contribution in [0.15, 0.2) is 24.3 Å². The highest BCUT2D eigenvalue weighted by Crippen LogP contribution is 2.27. The van der Waals surface area contributed by atoms with Gasteiger partial charge in [-0.15, -0.1) is 11.6 Å². The lowest BCUT2D eigenvalue weighted by atomic mass is 10.2. The van der Waals surface area contributed by atoms with Gasteiger partial charge >= 0.3 is 0 Å². The lowest BCUT2D eigenvalue weighted by Crippen LogP contribution is -3.16. The van der Waals surface area contributed by atoms with Crippen LogP contribution in [-0.2, 0) is 14.6 Å². The molecule has 0 aliphatic carbocycles. The molecule has 1 aromatic carbocycles. The normalized spacial score (nSPS) is 25.8. The SMILES string of the molecule is COc1ccccc1N1CC[NH+](CC(=O)N[C@@H]2CS(=O)(=O)C[C@@H]2Cl)CC1. The minimum Gasteiger partial charge on any atom is -0.495 e. The predicted molar refractivity (Wildman–Crippen MR) is 101 cm³/mol. The van der Waals surface area contributed by atoms with E-state index in [1.54, 1.807) is 7.11 Å². The van der Waals surface area contributed by atoms with Crippen molar-refractivity contribution in [2.75, 3.05) is 56.2 Å². The summed E-state index contributed by atoms with van der Waals surface area (Å²) >= 11 is 6.05. The van der Waals surface area contributed by atoms with Gasteiger partial charge in [-0.3, -0.25) is 4.79 Å². The molecule has 1 amide bonds. The fraction of sp³-hybridized carbons (Fsp3) is 0.588. The number of methoxy groups -OCH3 is 1. The Kier molecular flexibility index (Phi) is 5.94. The average molecular weight is 403 g/mol. The summed E-state index contributed by atoms with van der Waals surface area (Å²) in [5.41, 5.74) is 1.07. The van der Waals surface area contributed by atoms with E-state index in [9.17, 15) is 13.2 Å². The van der Waals surface area contributed by atoms with Crippen molar-refractivity contribution in [2.45, 2.75) is 11.4 Å². The van der Waals surface area contributed by atoms with Crippen LogP contribution in [0.3, 0.4) is 0 Å². The minimum absolute atomic E-state index is 0.0655. The molecule has 2 N–H and O–H groups in total. The third kappa shape index (κ3) is 4.61. The molecule has 144 valence electrons. The summed E-state index contributed by atoms with van der Waals surface area (Å²) in [4.78, 5) is 15.7. The summed E-state index contributed by atoms with van der Waals surface area (Å²) in [5.74, 6) is 0.580. The molecule has 2 aliphatic heterocycles. The van der Waals surface area contributed by atoms with E-state index < -0.39 is 21.3 Å². The van der Waals surface area contributed by atoms with E-state index in [0.29, 0.717) is 6.54 Å². The number of piperazine rings is 1. The van der Waals surface area contributed by atoms with Gasteiger partial charge in [0.15, 0.2) is 16.4 Å². The lowest BCUT2D eigenvalue weighted by Gasteiger charge is -2.34. The van der Waals surface area contributed by atoms with Gasteiger partial charge in [0.05, 0.1) is 61.9 Å². The number of quaternary nitrogens is 1. The number of nitrogens with zero attached hydrogens (tertiary/aromatic N) is 1. The summed E-state index contributed by atoms with van der Waals surface area (Å²) in [7, 11) is -1.48. The molecule has 0 spiro atoms. The zero-order valence-corrected chi connectivity index (χ0v) is 16.4. The van der Waals surface area contributed by atoms with E-state index in [1.165, 1.54) is 4.90 Å². The quantitative estimate of drug-likeness (QED) is 0.612. The van der Waals surface area contributed by atoms with Crippen LogP contribution >= 0.6 is 11.6 Å². The molecular formula is C17H25ClN3O4S+. The van der Waals surface area contributed by atoms with Crippen LogP contribution in [0.2, 0.25) is 0 Å². The highest BCUT2D eigenvalue weighted by Gasteiger charge is 2.37. The van der Waals surface area contributed by atoms with Crippen LogP contribution in [0.1, 0.15) is 0 Å². The molecule has 0 unspecified atom stereocenters. The van der Waals surface area contributed by atoms with Crippen molar-refractivity contribution < 1.29 is 22.8 Å². The number of anilines is 1. The molecule has 0 bridgehead atoms. The van der Waals surface area contributed by atoms with Crippen molar-refractivity contribution in [3.05, 3.63) is 24.3 Å².